The minimum absolute atomic E-state index is 0.527. The zero-order chi connectivity index (χ0) is 13.8. The zero-order valence-electron chi connectivity index (χ0n) is 12.9. The molecule has 2 saturated carbocycles. The number of ether oxygens (including phenoxy) is 1. The van der Waals surface area contributed by atoms with E-state index in [0.29, 0.717) is 12.2 Å². The van der Waals surface area contributed by atoms with Crippen molar-refractivity contribution in [2.45, 2.75) is 88.3 Å². The SMILES string of the molecule is CC1CCC(C(C)C)C(OC2CCCCCC2I)C1. The summed E-state index contributed by atoms with van der Waals surface area (Å²) in [6, 6.07) is 0. The Morgan fingerprint density at radius 1 is 0.947 bits per heavy atom. The smallest absolute Gasteiger partial charge is 0.0696 e. The summed E-state index contributed by atoms with van der Waals surface area (Å²) < 4.78 is 7.40. The van der Waals surface area contributed by atoms with Crippen LogP contribution in [0.3, 0.4) is 0 Å². The Hall–Kier alpha value is 0.690. The van der Waals surface area contributed by atoms with Crippen molar-refractivity contribution in [3.8, 4) is 0 Å². The number of rotatable bonds is 3. The van der Waals surface area contributed by atoms with Crippen LogP contribution in [0.5, 0.6) is 0 Å². The molecule has 5 atom stereocenters. The van der Waals surface area contributed by atoms with E-state index in [9.17, 15) is 0 Å². The summed E-state index contributed by atoms with van der Waals surface area (Å²) in [5, 5.41) is 0. The molecule has 2 fully saturated rings. The molecule has 0 aliphatic heterocycles. The number of hydrogen-bond donors (Lipinski definition) is 0. The fourth-order valence-electron chi connectivity index (χ4n) is 3.88. The first kappa shape index (κ1) is 16.1. The van der Waals surface area contributed by atoms with Gasteiger partial charge in [0.25, 0.3) is 0 Å². The van der Waals surface area contributed by atoms with Gasteiger partial charge in [0.1, 0.15) is 0 Å². The maximum atomic E-state index is 6.66. The minimum atomic E-state index is 0.527. The van der Waals surface area contributed by atoms with Crippen LogP contribution in [-0.4, -0.2) is 16.1 Å². The van der Waals surface area contributed by atoms with E-state index in [1.54, 1.807) is 0 Å². The molecule has 19 heavy (non-hydrogen) atoms. The fraction of sp³-hybridized carbons (Fsp3) is 1.00. The summed E-state index contributed by atoms with van der Waals surface area (Å²) in [5.74, 6) is 2.43. The van der Waals surface area contributed by atoms with Gasteiger partial charge in [0.2, 0.25) is 0 Å². The standard InChI is InChI=1S/C17H31IO/c1-12(2)14-10-9-13(3)11-17(14)19-16-8-6-4-5-7-15(16)18/h12-17H,4-11H2,1-3H3. The van der Waals surface area contributed by atoms with E-state index in [0.717, 1.165) is 21.7 Å². The van der Waals surface area contributed by atoms with E-state index in [-0.39, 0.29) is 0 Å². The van der Waals surface area contributed by atoms with Crippen LogP contribution in [0.4, 0.5) is 0 Å². The van der Waals surface area contributed by atoms with Crippen LogP contribution < -0.4 is 0 Å². The highest BCUT2D eigenvalue weighted by Crippen LogP contribution is 2.38. The van der Waals surface area contributed by atoms with E-state index in [1.807, 2.05) is 0 Å². The molecular formula is C17H31IO. The van der Waals surface area contributed by atoms with Crippen LogP contribution in [0, 0.1) is 17.8 Å². The van der Waals surface area contributed by atoms with Gasteiger partial charge in [-0.25, -0.2) is 0 Å². The monoisotopic (exact) mass is 378 g/mol. The largest absolute Gasteiger partial charge is 0.374 e. The van der Waals surface area contributed by atoms with Gasteiger partial charge in [0, 0.05) is 3.92 Å². The average Bonchev–Trinajstić information content (AvgIpc) is 2.55. The molecule has 0 bridgehead atoms. The Morgan fingerprint density at radius 2 is 1.68 bits per heavy atom. The van der Waals surface area contributed by atoms with Gasteiger partial charge in [-0.3, -0.25) is 0 Å². The summed E-state index contributed by atoms with van der Waals surface area (Å²) >= 11 is 2.64. The molecule has 2 aliphatic rings. The third kappa shape index (κ3) is 4.59. The lowest BCUT2D eigenvalue weighted by molar-refractivity contribution is -0.0807. The Bertz CT molecular complexity index is 266. The maximum Gasteiger partial charge on any atom is 0.0696 e. The van der Waals surface area contributed by atoms with Crippen molar-refractivity contribution in [3.05, 3.63) is 0 Å². The highest BCUT2D eigenvalue weighted by Gasteiger charge is 2.34. The molecule has 0 spiro atoms. The van der Waals surface area contributed by atoms with Gasteiger partial charge < -0.3 is 4.74 Å². The van der Waals surface area contributed by atoms with Crippen molar-refractivity contribution >= 4 is 22.6 Å². The lowest BCUT2D eigenvalue weighted by Crippen LogP contribution is -2.39. The van der Waals surface area contributed by atoms with Gasteiger partial charge in [-0.15, -0.1) is 0 Å². The van der Waals surface area contributed by atoms with E-state index in [2.05, 4.69) is 43.4 Å². The molecule has 0 saturated heterocycles. The lowest BCUT2D eigenvalue weighted by Gasteiger charge is -2.39. The second-order valence-electron chi connectivity index (χ2n) is 7.19. The molecule has 1 nitrogen and oxygen atoms in total. The Morgan fingerprint density at radius 3 is 2.42 bits per heavy atom. The van der Waals surface area contributed by atoms with E-state index in [4.69, 9.17) is 4.74 Å². The predicted octanol–water partition coefficient (Wildman–Crippen LogP) is 5.60. The molecule has 2 rings (SSSR count). The molecule has 0 N–H and O–H groups in total. The third-order valence-electron chi connectivity index (χ3n) is 5.18. The summed E-state index contributed by atoms with van der Waals surface area (Å²) in [4.78, 5) is 0. The first-order valence-electron chi connectivity index (χ1n) is 8.37. The lowest BCUT2D eigenvalue weighted by atomic mass is 9.75. The zero-order valence-corrected chi connectivity index (χ0v) is 15.1. The van der Waals surface area contributed by atoms with Gasteiger partial charge >= 0.3 is 0 Å². The Labute approximate surface area is 133 Å². The highest BCUT2D eigenvalue weighted by molar-refractivity contribution is 14.1. The highest BCUT2D eigenvalue weighted by atomic mass is 127. The first-order valence-corrected chi connectivity index (χ1v) is 9.62. The van der Waals surface area contributed by atoms with Crippen molar-refractivity contribution in [2.24, 2.45) is 17.8 Å². The van der Waals surface area contributed by atoms with Gasteiger partial charge in [-0.2, -0.15) is 0 Å². The molecular weight excluding hydrogens is 347 g/mol. The van der Waals surface area contributed by atoms with Crippen LogP contribution in [0.1, 0.15) is 72.1 Å². The van der Waals surface area contributed by atoms with Crippen molar-refractivity contribution < 1.29 is 4.74 Å². The molecule has 2 aliphatic carbocycles. The molecule has 2 heteroatoms. The van der Waals surface area contributed by atoms with Gasteiger partial charge in [-0.05, 0) is 43.4 Å². The molecule has 0 aromatic rings. The summed E-state index contributed by atoms with van der Waals surface area (Å²) in [6.07, 6.45) is 12.0. The second-order valence-corrected chi connectivity index (χ2v) is 8.79. The Balaban J connectivity index is 1.96. The number of hydrogen-bond acceptors (Lipinski definition) is 1. The van der Waals surface area contributed by atoms with Crippen molar-refractivity contribution in [3.63, 3.8) is 0 Å². The van der Waals surface area contributed by atoms with Gasteiger partial charge in [-0.1, -0.05) is 69.0 Å². The molecule has 5 unspecified atom stereocenters. The van der Waals surface area contributed by atoms with Crippen LogP contribution >= 0.6 is 22.6 Å². The summed E-state index contributed by atoms with van der Waals surface area (Å²) in [7, 11) is 0. The Kier molecular flexibility index (Phi) is 6.45. The van der Waals surface area contributed by atoms with Gasteiger partial charge in [0.15, 0.2) is 0 Å². The number of halogens is 1. The number of alkyl halides is 1. The topological polar surface area (TPSA) is 9.23 Å². The molecule has 0 aromatic heterocycles. The summed E-state index contributed by atoms with van der Waals surface area (Å²) in [6.45, 7) is 7.17. The molecule has 0 amide bonds. The van der Waals surface area contributed by atoms with Crippen LogP contribution in [0.25, 0.3) is 0 Å². The predicted molar refractivity (Wildman–Crippen MR) is 90.9 cm³/mol. The fourth-order valence-corrected chi connectivity index (χ4v) is 4.85. The van der Waals surface area contributed by atoms with Crippen molar-refractivity contribution in [1.82, 2.24) is 0 Å². The van der Waals surface area contributed by atoms with E-state index in [1.165, 1.54) is 51.4 Å². The van der Waals surface area contributed by atoms with Crippen LogP contribution in [-0.2, 0) is 4.74 Å². The molecule has 0 radical (unpaired) electrons. The molecule has 112 valence electrons. The third-order valence-corrected chi connectivity index (χ3v) is 6.61. The van der Waals surface area contributed by atoms with Gasteiger partial charge in [0.05, 0.1) is 12.2 Å². The van der Waals surface area contributed by atoms with E-state index < -0.39 is 0 Å². The van der Waals surface area contributed by atoms with Crippen molar-refractivity contribution in [2.75, 3.05) is 0 Å². The van der Waals surface area contributed by atoms with E-state index >= 15 is 0 Å². The average molecular weight is 378 g/mol. The maximum absolute atomic E-state index is 6.66. The quantitative estimate of drug-likeness (QED) is 0.353. The normalized spacial score (nSPS) is 41.2. The van der Waals surface area contributed by atoms with Crippen LogP contribution in [0.2, 0.25) is 0 Å². The minimum Gasteiger partial charge on any atom is -0.374 e. The van der Waals surface area contributed by atoms with Crippen molar-refractivity contribution in [1.29, 1.82) is 0 Å². The first-order chi connectivity index (χ1) is 9.08. The summed E-state index contributed by atoms with van der Waals surface area (Å²) in [5.41, 5.74) is 0. The molecule has 0 aromatic carbocycles. The molecule has 0 heterocycles. The second kappa shape index (κ2) is 7.63. The van der Waals surface area contributed by atoms with Crippen LogP contribution in [0.15, 0.2) is 0 Å².